The number of hydrogen-bond acceptors (Lipinski definition) is 3. The summed E-state index contributed by atoms with van der Waals surface area (Å²) in [5.74, 6) is 0. The zero-order valence-electron chi connectivity index (χ0n) is 8.68. The van der Waals surface area contributed by atoms with E-state index in [9.17, 15) is 5.11 Å². The van der Waals surface area contributed by atoms with E-state index in [0.29, 0.717) is 13.0 Å². The molecule has 1 aromatic heterocycles. The minimum absolute atomic E-state index is 0.117. The van der Waals surface area contributed by atoms with Crippen LogP contribution in [0.2, 0.25) is 0 Å². The van der Waals surface area contributed by atoms with Crippen molar-refractivity contribution >= 4 is 0 Å². The minimum atomic E-state index is -0.447. The maximum absolute atomic E-state index is 9.76. The van der Waals surface area contributed by atoms with Crippen LogP contribution in [0.25, 0.3) is 0 Å². The molecule has 0 saturated carbocycles. The molecule has 2 unspecified atom stereocenters. The van der Waals surface area contributed by atoms with Crippen LogP contribution in [0.5, 0.6) is 0 Å². The molecule has 78 valence electrons. The average Bonchev–Trinajstić information content (AvgIpc) is 2.19. The monoisotopic (exact) mass is 195 g/mol. The summed E-state index contributed by atoms with van der Waals surface area (Å²) in [4.78, 5) is 3.92. The third-order valence-electron chi connectivity index (χ3n) is 2.17. The van der Waals surface area contributed by atoms with Crippen LogP contribution in [0.3, 0.4) is 0 Å². The Morgan fingerprint density at radius 3 is 2.64 bits per heavy atom. The van der Waals surface area contributed by atoms with E-state index < -0.39 is 6.10 Å². The molecule has 3 heteroatoms. The van der Waals surface area contributed by atoms with E-state index in [-0.39, 0.29) is 6.10 Å². The molecule has 0 aliphatic heterocycles. The van der Waals surface area contributed by atoms with Gasteiger partial charge >= 0.3 is 0 Å². The molecule has 0 fully saturated rings. The summed E-state index contributed by atoms with van der Waals surface area (Å²) in [5, 5.41) is 9.76. The highest BCUT2D eigenvalue weighted by molar-refractivity contribution is 5.10. The van der Waals surface area contributed by atoms with Crippen molar-refractivity contribution in [3.8, 4) is 0 Å². The van der Waals surface area contributed by atoms with Gasteiger partial charge in [0.25, 0.3) is 0 Å². The number of rotatable bonds is 5. The Morgan fingerprint density at radius 1 is 1.43 bits per heavy atom. The summed E-state index contributed by atoms with van der Waals surface area (Å²) in [6.07, 6.45) is 3.51. The Hall–Kier alpha value is -0.930. The molecule has 2 atom stereocenters. The third kappa shape index (κ3) is 3.44. The molecular weight excluding hydrogens is 178 g/mol. The van der Waals surface area contributed by atoms with Gasteiger partial charge in [0.1, 0.15) is 0 Å². The van der Waals surface area contributed by atoms with Gasteiger partial charge in [-0.05, 0) is 31.5 Å². The summed E-state index contributed by atoms with van der Waals surface area (Å²) >= 11 is 0. The van der Waals surface area contributed by atoms with Gasteiger partial charge in [-0.2, -0.15) is 0 Å². The summed E-state index contributed by atoms with van der Waals surface area (Å²) in [6.45, 7) is 4.44. The lowest BCUT2D eigenvalue weighted by Gasteiger charge is -2.18. The van der Waals surface area contributed by atoms with Gasteiger partial charge in [-0.15, -0.1) is 0 Å². The van der Waals surface area contributed by atoms with Crippen molar-refractivity contribution in [3.05, 3.63) is 30.1 Å². The summed E-state index contributed by atoms with van der Waals surface area (Å²) < 4.78 is 5.31. The number of hydrogen-bond donors (Lipinski definition) is 1. The highest BCUT2D eigenvalue weighted by Crippen LogP contribution is 2.07. The van der Waals surface area contributed by atoms with Crippen LogP contribution in [0.4, 0.5) is 0 Å². The van der Waals surface area contributed by atoms with Crippen molar-refractivity contribution in [1.29, 1.82) is 0 Å². The van der Waals surface area contributed by atoms with Gasteiger partial charge in [0.2, 0.25) is 0 Å². The van der Waals surface area contributed by atoms with Gasteiger partial charge in [-0.3, -0.25) is 4.98 Å². The zero-order chi connectivity index (χ0) is 10.4. The number of aromatic nitrogens is 1. The second kappa shape index (κ2) is 5.73. The van der Waals surface area contributed by atoms with Crippen LogP contribution in [0.1, 0.15) is 19.4 Å². The number of aliphatic hydroxyl groups excluding tert-OH is 1. The molecular formula is C11H17NO2. The standard InChI is InChI=1S/C11H17NO2/c1-3-14-9(2)11(13)8-10-4-6-12-7-5-10/h4-7,9,11,13H,3,8H2,1-2H3. The van der Waals surface area contributed by atoms with Crippen LogP contribution in [0, 0.1) is 0 Å². The second-order valence-corrected chi connectivity index (χ2v) is 3.29. The number of pyridine rings is 1. The second-order valence-electron chi connectivity index (χ2n) is 3.29. The van der Waals surface area contributed by atoms with E-state index in [0.717, 1.165) is 5.56 Å². The molecule has 0 aliphatic carbocycles. The van der Waals surface area contributed by atoms with E-state index in [1.807, 2.05) is 26.0 Å². The number of ether oxygens (including phenoxy) is 1. The van der Waals surface area contributed by atoms with Crippen molar-refractivity contribution in [2.75, 3.05) is 6.61 Å². The van der Waals surface area contributed by atoms with E-state index >= 15 is 0 Å². The Balaban J connectivity index is 2.44. The number of aliphatic hydroxyl groups is 1. The SMILES string of the molecule is CCOC(C)C(O)Cc1ccncc1. The lowest BCUT2D eigenvalue weighted by molar-refractivity contribution is -0.0208. The van der Waals surface area contributed by atoms with Crippen LogP contribution < -0.4 is 0 Å². The van der Waals surface area contributed by atoms with Crippen LogP contribution in [-0.2, 0) is 11.2 Å². The molecule has 3 nitrogen and oxygen atoms in total. The van der Waals surface area contributed by atoms with E-state index in [2.05, 4.69) is 4.98 Å². The molecule has 0 amide bonds. The summed E-state index contributed by atoms with van der Waals surface area (Å²) in [5.41, 5.74) is 1.08. The lowest BCUT2D eigenvalue weighted by atomic mass is 10.1. The summed E-state index contributed by atoms with van der Waals surface area (Å²) in [7, 11) is 0. The van der Waals surface area contributed by atoms with Crippen molar-refractivity contribution < 1.29 is 9.84 Å². The van der Waals surface area contributed by atoms with Crippen molar-refractivity contribution in [2.24, 2.45) is 0 Å². The molecule has 0 bridgehead atoms. The van der Waals surface area contributed by atoms with Crippen molar-refractivity contribution in [1.82, 2.24) is 4.98 Å². The number of nitrogens with zero attached hydrogens (tertiary/aromatic N) is 1. The lowest BCUT2D eigenvalue weighted by Crippen LogP contribution is -2.28. The minimum Gasteiger partial charge on any atom is -0.390 e. The van der Waals surface area contributed by atoms with Crippen molar-refractivity contribution in [2.45, 2.75) is 32.5 Å². The maximum Gasteiger partial charge on any atom is 0.0839 e. The molecule has 0 radical (unpaired) electrons. The van der Waals surface area contributed by atoms with E-state index in [1.165, 1.54) is 0 Å². The largest absolute Gasteiger partial charge is 0.390 e. The third-order valence-corrected chi connectivity index (χ3v) is 2.17. The molecule has 0 aromatic carbocycles. The van der Waals surface area contributed by atoms with Gasteiger partial charge in [0, 0.05) is 25.4 Å². The first-order chi connectivity index (χ1) is 6.74. The quantitative estimate of drug-likeness (QED) is 0.772. The molecule has 0 aliphatic rings. The Morgan fingerprint density at radius 2 is 2.07 bits per heavy atom. The predicted molar refractivity (Wildman–Crippen MR) is 55.0 cm³/mol. The molecule has 1 aromatic rings. The topological polar surface area (TPSA) is 42.4 Å². The van der Waals surface area contributed by atoms with Gasteiger partial charge in [0.15, 0.2) is 0 Å². The summed E-state index contributed by atoms with van der Waals surface area (Å²) in [6, 6.07) is 3.81. The normalized spacial score (nSPS) is 15.1. The molecule has 0 spiro atoms. The van der Waals surface area contributed by atoms with E-state index in [1.54, 1.807) is 12.4 Å². The van der Waals surface area contributed by atoms with E-state index in [4.69, 9.17) is 4.74 Å². The fourth-order valence-corrected chi connectivity index (χ4v) is 1.30. The molecule has 1 rings (SSSR count). The Bertz CT molecular complexity index is 251. The fourth-order valence-electron chi connectivity index (χ4n) is 1.30. The highest BCUT2D eigenvalue weighted by atomic mass is 16.5. The Labute approximate surface area is 84.7 Å². The van der Waals surface area contributed by atoms with Gasteiger partial charge in [0.05, 0.1) is 12.2 Å². The zero-order valence-corrected chi connectivity index (χ0v) is 8.68. The van der Waals surface area contributed by atoms with Gasteiger partial charge in [-0.1, -0.05) is 0 Å². The first kappa shape index (κ1) is 11.1. The molecule has 14 heavy (non-hydrogen) atoms. The van der Waals surface area contributed by atoms with Crippen LogP contribution in [0.15, 0.2) is 24.5 Å². The van der Waals surface area contributed by atoms with Crippen molar-refractivity contribution in [3.63, 3.8) is 0 Å². The van der Waals surface area contributed by atoms with Gasteiger partial charge in [-0.25, -0.2) is 0 Å². The predicted octanol–water partition coefficient (Wildman–Crippen LogP) is 1.41. The highest BCUT2D eigenvalue weighted by Gasteiger charge is 2.14. The first-order valence-electron chi connectivity index (χ1n) is 4.92. The molecule has 0 saturated heterocycles. The Kier molecular flexibility index (Phi) is 4.56. The fraction of sp³-hybridized carbons (Fsp3) is 0.545. The average molecular weight is 195 g/mol. The van der Waals surface area contributed by atoms with Crippen LogP contribution in [-0.4, -0.2) is 28.9 Å². The van der Waals surface area contributed by atoms with Crippen LogP contribution >= 0.6 is 0 Å². The molecule has 1 heterocycles. The smallest absolute Gasteiger partial charge is 0.0839 e. The van der Waals surface area contributed by atoms with Gasteiger partial charge < -0.3 is 9.84 Å². The maximum atomic E-state index is 9.76. The first-order valence-corrected chi connectivity index (χ1v) is 4.92. The molecule has 1 N–H and O–H groups in total.